The van der Waals surface area contributed by atoms with Crippen molar-refractivity contribution in [3.05, 3.63) is 0 Å². The molecule has 1 spiro atoms. The Hall–Kier alpha value is 0.200. The minimum atomic E-state index is -2.68. The predicted molar refractivity (Wildman–Crippen MR) is 55.1 cm³/mol. The van der Waals surface area contributed by atoms with Crippen molar-refractivity contribution in [1.82, 2.24) is 5.32 Å². The van der Waals surface area contributed by atoms with Crippen LogP contribution in [0.1, 0.15) is 19.3 Å². The molecule has 0 aromatic heterocycles. The molecule has 78 valence electrons. The molecule has 0 aromatic carbocycles. The summed E-state index contributed by atoms with van der Waals surface area (Å²) < 4.78 is 22.6. The van der Waals surface area contributed by atoms with Crippen LogP contribution in [0.5, 0.6) is 0 Å². The molecule has 2 aliphatic rings. The molecule has 0 atom stereocenters. The van der Waals surface area contributed by atoms with Crippen LogP contribution < -0.4 is 5.32 Å². The molecule has 0 bridgehead atoms. The van der Waals surface area contributed by atoms with Crippen LogP contribution in [0.3, 0.4) is 0 Å². The lowest BCUT2D eigenvalue weighted by Crippen LogP contribution is -2.37. The van der Waals surface area contributed by atoms with Gasteiger partial charge in [0.25, 0.3) is 0 Å². The van der Waals surface area contributed by atoms with Gasteiger partial charge in [0, 0.05) is 0 Å². The Kier molecular flexibility index (Phi) is 3.25. The highest BCUT2D eigenvalue weighted by Crippen LogP contribution is 2.39. The van der Waals surface area contributed by atoms with E-state index in [1.165, 1.54) is 0 Å². The molecular weight excluding hydrogens is 210 g/mol. The zero-order chi connectivity index (χ0) is 8.66. The molecule has 0 saturated carbocycles. The normalized spacial score (nSPS) is 29.8. The molecule has 0 unspecified atom stereocenters. The molecule has 2 fully saturated rings. The van der Waals surface area contributed by atoms with Crippen LogP contribution in [-0.4, -0.2) is 33.0 Å². The van der Waals surface area contributed by atoms with Gasteiger partial charge in [-0.15, -0.1) is 12.4 Å². The van der Waals surface area contributed by atoms with Gasteiger partial charge in [-0.1, -0.05) is 0 Å². The van der Waals surface area contributed by atoms with E-state index < -0.39 is 9.84 Å². The molecule has 0 aromatic rings. The first-order chi connectivity index (χ1) is 5.62. The van der Waals surface area contributed by atoms with Crippen LogP contribution in [-0.2, 0) is 9.84 Å². The summed E-state index contributed by atoms with van der Waals surface area (Å²) in [5.41, 5.74) is 0.157. The Morgan fingerprint density at radius 3 is 2.15 bits per heavy atom. The summed E-state index contributed by atoms with van der Waals surface area (Å²) >= 11 is 0. The number of sulfone groups is 1. The molecule has 2 rings (SSSR count). The van der Waals surface area contributed by atoms with Crippen molar-refractivity contribution in [2.24, 2.45) is 5.41 Å². The SMILES string of the molecule is Cl.O=S1(=O)CCC2(CCNCC2)C1. The monoisotopic (exact) mass is 225 g/mol. The fourth-order valence-corrected chi connectivity index (χ4v) is 4.59. The van der Waals surface area contributed by atoms with Crippen LogP contribution in [0.25, 0.3) is 0 Å². The smallest absolute Gasteiger partial charge is 0.150 e. The van der Waals surface area contributed by atoms with Gasteiger partial charge in [0.2, 0.25) is 0 Å². The fraction of sp³-hybridized carbons (Fsp3) is 1.00. The molecule has 0 aliphatic carbocycles. The topological polar surface area (TPSA) is 46.2 Å². The lowest BCUT2D eigenvalue weighted by atomic mass is 9.79. The summed E-state index contributed by atoms with van der Waals surface area (Å²) in [6.45, 7) is 1.99. The van der Waals surface area contributed by atoms with Gasteiger partial charge in [0.05, 0.1) is 11.5 Å². The minimum absolute atomic E-state index is 0. The number of hydrogen-bond acceptors (Lipinski definition) is 3. The predicted octanol–water partition coefficient (Wildman–Crippen LogP) is 0.597. The van der Waals surface area contributed by atoms with Gasteiger partial charge in [-0.05, 0) is 37.8 Å². The Bertz CT molecular complexity index is 270. The molecule has 2 aliphatic heterocycles. The highest BCUT2D eigenvalue weighted by molar-refractivity contribution is 7.91. The molecular formula is C8H16ClNO2S. The number of nitrogens with one attached hydrogen (secondary N) is 1. The summed E-state index contributed by atoms with van der Waals surface area (Å²) in [6, 6.07) is 0. The van der Waals surface area contributed by atoms with Crippen LogP contribution >= 0.6 is 12.4 Å². The Balaban J connectivity index is 0.000000845. The summed E-state index contributed by atoms with van der Waals surface area (Å²) in [4.78, 5) is 0. The third-order valence-electron chi connectivity index (χ3n) is 3.13. The van der Waals surface area contributed by atoms with Crippen molar-refractivity contribution in [2.75, 3.05) is 24.6 Å². The summed E-state index contributed by atoms with van der Waals surface area (Å²) in [6.07, 6.45) is 3.00. The maximum Gasteiger partial charge on any atom is 0.150 e. The van der Waals surface area contributed by atoms with Gasteiger partial charge in [0.1, 0.15) is 0 Å². The summed E-state index contributed by atoms with van der Waals surface area (Å²) in [5, 5.41) is 3.27. The van der Waals surface area contributed by atoms with Crippen molar-refractivity contribution in [3.8, 4) is 0 Å². The van der Waals surface area contributed by atoms with Gasteiger partial charge in [-0.3, -0.25) is 0 Å². The fourth-order valence-electron chi connectivity index (χ4n) is 2.33. The third kappa shape index (κ3) is 2.36. The van der Waals surface area contributed by atoms with Gasteiger partial charge in [-0.25, -0.2) is 8.42 Å². The lowest BCUT2D eigenvalue weighted by Gasteiger charge is -2.32. The summed E-state index contributed by atoms with van der Waals surface area (Å²) in [7, 11) is -2.68. The van der Waals surface area contributed by atoms with E-state index >= 15 is 0 Å². The number of rotatable bonds is 0. The first kappa shape index (κ1) is 11.3. The lowest BCUT2D eigenvalue weighted by molar-refractivity contribution is 0.238. The summed E-state index contributed by atoms with van der Waals surface area (Å²) in [5.74, 6) is 0.870. The standard InChI is InChI=1S/C8H15NO2S.ClH/c10-12(11)6-3-8(7-12)1-4-9-5-2-8;/h9H,1-7H2;1H. The number of piperidine rings is 1. The molecule has 3 nitrogen and oxygen atoms in total. The van der Waals surface area contributed by atoms with E-state index in [1.807, 2.05) is 0 Å². The van der Waals surface area contributed by atoms with E-state index in [1.54, 1.807) is 0 Å². The first-order valence-electron chi connectivity index (χ1n) is 4.53. The van der Waals surface area contributed by atoms with Crippen LogP contribution in [0.15, 0.2) is 0 Å². The van der Waals surface area contributed by atoms with Crippen molar-refractivity contribution in [3.63, 3.8) is 0 Å². The van der Waals surface area contributed by atoms with E-state index in [4.69, 9.17) is 0 Å². The molecule has 0 amide bonds. The Morgan fingerprint density at radius 2 is 1.69 bits per heavy atom. The largest absolute Gasteiger partial charge is 0.317 e. The zero-order valence-corrected chi connectivity index (χ0v) is 9.22. The van der Waals surface area contributed by atoms with Crippen LogP contribution in [0, 0.1) is 5.41 Å². The van der Waals surface area contributed by atoms with E-state index in [2.05, 4.69) is 5.32 Å². The second-order valence-electron chi connectivity index (χ2n) is 4.09. The maximum absolute atomic E-state index is 11.3. The molecule has 2 heterocycles. The Labute approximate surface area is 85.6 Å². The van der Waals surface area contributed by atoms with Gasteiger partial charge in [0.15, 0.2) is 9.84 Å². The highest BCUT2D eigenvalue weighted by atomic mass is 35.5. The molecule has 0 radical (unpaired) electrons. The van der Waals surface area contributed by atoms with Crippen molar-refractivity contribution < 1.29 is 8.42 Å². The molecule has 13 heavy (non-hydrogen) atoms. The van der Waals surface area contributed by atoms with Gasteiger partial charge in [-0.2, -0.15) is 0 Å². The minimum Gasteiger partial charge on any atom is -0.317 e. The highest BCUT2D eigenvalue weighted by Gasteiger charge is 2.42. The second-order valence-corrected chi connectivity index (χ2v) is 6.28. The van der Waals surface area contributed by atoms with Crippen molar-refractivity contribution in [1.29, 1.82) is 0 Å². The Morgan fingerprint density at radius 1 is 1.08 bits per heavy atom. The van der Waals surface area contributed by atoms with E-state index in [0.29, 0.717) is 11.5 Å². The third-order valence-corrected chi connectivity index (χ3v) is 5.01. The number of hydrogen-bond donors (Lipinski definition) is 1. The average molecular weight is 226 g/mol. The second kappa shape index (κ2) is 3.75. The molecule has 2 saturated heterocycles. The van der Waals surface area contributed by atoms with Gasteiger partial charge < -0.3 is 5.32 Å². The van der Waals surface area contributed by atoms with Crippen LogP contribution in [0.2, 0.25) is 0 Å². The number of halogens is 1. The van der Waals surface area contributed by atoms with Crippen molar-refractivity contribution >= 4 is 22.2 Å². The van der Waals surface area contributed by atoms with E-state index in [0.717, 1.165) is 32.4 Å². The molecule has 1 N–H and O–H groups in total. The molecule has 5 heteroatoms. The quantitative estimate of drug-likeness (QED) is 0.657. The van der Waals surface area contributed by atoms with Gasteiger partial charge >= 0.3 is 0 Å². The van der Waals surface area contributed by atoms with E-state index in [-0.39, 0.29) is 17.8 Å². The van der Waals surface area contributed by atoms with Crippen molar-refractivity contribution in [2.45, 2.75) is 19.3 Å². The van der Waals surface area contributed by atoms with Crippen LogP contribution in [0.4, 0.5) is 0 Å². The first-order valence-corrected chi connectivity index (χ1v) is 6.35. The van der Waals surface area contributed by atoms with E-state index in [9.17, 15) is 8.42 Å². The zero-order valence-electron chi connectivity index (χ0n) is 7.58. The maximum atomic E-state index is 11.3. The average Bonchev–Trinajstić information content (AvgIpc) is 2.29.